The number of nitrogens with one attached hydrogen (secondary N) is 1. The lowest BCUT2D eigenvalue weighted by Crippen LogP contribution is -2.47. The zero-order chi connectivity index (χ0) is 23.5. The number of piperazine rings is 1. The van der Waals surface area contributed by atoms with Crippen LogP contribution in [0.1, 0.15) is 26.3 Å². The summed E-state index contributed by atoms with van der Waals surface area (Å²) in [6.45, 7) is 4.51. The molecule has 9 heteroatoms. The van der Waals surface area contributed by atoms with E-state index in [0.29, 0.717) is 37.0 Å². The summed E-state index contributed by atoms with van der Waals surface area (Å²) in [5.74, 6) is -2.17. The maximum Gasteiger partial charge on any atom is 0.339 e. The lowest BCUT2D eigenvalue weighted by molar-refractivity contribution is 0.0696. The van der Waals surface area contributed by atoms with Crippen LogP contribution in [0, 0.1) is 12.7 Å². The van der Waals surface area contributed by atoms with Crippen LogP contribution in [0.4, 0.5) is 21.6 Å². The van der Waals surface area contributed by atoms with Gasteiger partial charge in [-0.2, -0.15) is 0 Å². The Labute approximate surface area is 195 Å². The number of pyridine rings is 1. The van der Waals surface area contributed by atoms with Gasteiger partial charge in [-0.1, -0.05) is 29.8 Å². The largest absolute Gasteiger partial charge is 0.478 e. The topological polar surface area (TPSA) is 85.8 Å². The number of halogens is 2. The van der Waals surface area contributed by atoms with Gasteiger partial charge in [0.05, 0.1) is 17.4 Å². The van der Waals surface area contributed by atoms with Crippen molar-refractivity contribution >= 4 is 40.7 Å². The Morgan fingerprint density at radius 2 is 1.73 bits per heavy atom. The standard InChI is InChI=1S/C24H22ClFN4O3/c1-15-6-7-16(25)12-21(15)29-8-10-30(11-9-29)22-19(24(32)33)13-17(14-27-22)28-23(31)18-4-2-3-5-20(18)26/h2-7,12-14H,8-11H2,1H3,(H,28,31)(H,32,33). The van der Waals surface area contributed by atoms with Gasteiger partial charge in [-0.15, -0.1) is 0 Å². The molecule has 0 unspecified atom stereocenters. The molecule has 0 spiro atoms. The number of rotatable bonds is 5. The van der Waals surface area contributed by atoms with Crippen molar-refractivity contribution < 1.29 is 19.1 Å². The van der Waals surface area contributed by atoms with Crippen molar-refractivity contribution in [1.82, 2.24) is 4.98 Å². The highest BCUT2D eigenvalue weighted by atomic mass is 35.5. The maximum absolute atomic E-state index is 13.9. The number of aromatic carboxylic acids is 1. The zero-order valence-corrected chi connectivity index (χ0v) is 18.6. The number of benzene rings is 2. The van der Waals surface area contributed by atoms with Gasteiger partial charge >= 0.3 is 5.97 Å². The average Bonchev–Trinajstić information content (AvgIpc) is 2.81. The lowest BCUT2D eigenvalue weighted by atomic mass is 10.1. The van der Waals surface area contributed by atoms with Crippen LogP contribution in [0.2, 0.25) is 5.02 Å². The molecule has 1 aliphatic rings. The normalized spacial score (nSPS) is 13.7. The van der Waals surface area contributed by atoms with E-state index < -0.39 is 17.7 Å². The number of nitrogens with zero attached hydrogens (tertiary/aromatic N) is 3. The SMILES string of the molecule is Cc1ccc(Cl)cc1N1CCN(c2ncc(NC(=O)c3ccccc3F)cc2C(=O)O)CC1. The van der Waals surface area contributed by atoms with E-state index in [0.717, 1.165) is 11.3 Å². The average molecular weight is 469 g/mol. The van der Waals surface area contributed by atoms with Crippen molar-refractivity contribution in [2.24, 2.45) is 0 Å². The Bertz CT molecular complexity index is 1210. The molecular weight excluding hydrogens is 447 g/mol. The molecule has 4 rings (SSSR count). The van der Waals surface area contributed by atoms with Crippen LogP contribution in [0.5, 0.6) is 0 Å². The summed E-state index contributed by atoms with van der Waals surface area (Å²) in [6.07, 6.45) is 1.38. The fraction of sp³-hybridized carbons (Fsp3) is 0.208. The molecule has 2 aromatic carbocycles. The van der Waals surface area contributed by atoms with Gasteiger partial charge in [0.25, 0.3) is 5.91 Å². The second kappa shape index (κ2) is 9.46. The molecule has 0 radical (unpaired) electrons. The summed E-state index contributed by atoms with van der Waals surface area (Å²) in [4.78, 5) is 32.7. The van der Waals surface area contributed by atoms with Gasteiger partial charge in [0.2, 0.25) is 0 Å². The first-order valence-electron chi connectivity index (χ1n) is 10.4. The van der Waals surface area contributed by atoms with E-state index >= 15 is 0 Å². The maximum atomic E-state index is 13.9. The van der Waals surface area contributed by atoms with Crippen LogP contribution in [-0.4, -0.2) is 48.1 Å². The Morgan fingerprint density at radius 1 is 1.03 bits per heavy atom. The summed E-state index contributed by atoms with van der Waals surface area (Å²) in [6, 6.07) is 12.7. The monoisotopic (exact) mass is 468 g/mol. The molecule has 7 nitrogen and oxygen atoms in total. The van der Waals surface area contributed by atoms with E-state index in [1.54, 1.807) is 6.07 Å². The molecule has 2 heterocycles. The lowest BCUT2D eigenvalue weighted by Gasteiger charge is -2.37. The Kier molecular flexibility index (Phi) is 6.46. The third-order valence-corrected chi connectivity index (χ3v) is 5.80. The van der Waals surface area contributed by atoms with Crippen LogP contribution >= 0.6 is 11.6 Å². The molecule has 170 valence electrons. The Balaban J connectivity index is 1.51. The van der Waals surface area contributed by atoms with Crippen molar-refractivity contribution in [3.63, 3.8) is 0 Å². The first-order valence-corrected chi connectivity index (χ1v) is 10.8. The van der Waals surface area contributed by atoms with Gasteiger partial charge in [-0.05, 0) is 42.8 Å². The van der Waals surface area contributed by atoms with Crippen molar-refractivity contribution in [2.75, 3.05) is 41.3 Å². The highest BCUT2D eigenvalue weighted by molar-refractivity contribution is 6.30. The van der Waals surface area contributed by atoms with Crippen molar-refractivity contribution in [1.29, 1.82) is 0 Å². The molecule has 2 N–H and O–H groups in total. The first-order chi connectivity index (χ1) is 15.8. The molecule has 1 aliphatic heterocycles. The van der Waals surface area contributed by atoms with Crippen molar-refractivity contribution in [2.45, 2.75) is 6.92 Å². The minimum atomic E-state index is -1.16. The molecule has 1 aromatic heterocycles. The van der Waals surface area contributed by atoms with Crippen LogP contribution in [0.25, 0.3) is 0 Å². The van der Waals surface area contributed by atoms with Crippen LogP contribution in [-0.2, 0) is 0 Å². The molecule has 0 saturated carbocycles. The number of carbonyl (C=O) groups is 2. The quantitative estimate of drug-likeness (QED) is 0.575. The molecule has 3 aromatic rings. The molecular formula is C24H22ClFN4O3. The van der Waals surface area contributed by atoms with E-state index in [1.165, 1.54) is 30.5 Å². The summed E-state index contributed by atoms with van der Waals surface area (Å²) in [5.41, 5.74) is 2.18. The van der Waals surface area contributed by atoms with Crippen molar-refractivity contribution in [3.05, 3.63) is 82.3 Å². The van der Waals surface area contributed by atoms with E-state index in [9.17, 15) is 19.1 Å². The first kappa shape index (κ1) is 22.5. The molecule has 0 aliphatic carbocycles. The summed E-state index contributed by atoms with van der Waals surface area (Å²) in [7, 11) is 0. The predicted octanol–water partition coefficient (Wildman–Crippen LogP) is 4.46. The molecule has 1 saturated heterocycles. The number of aryl methyl sites for hydroxylation is 1. The minimum absolute atomic E-state index is 0.0336. The fourth-order valence-corrected chi connectivity index (χ4v) is 4.03. The van der Waals surface area contributed by atoms with Gasteiger partial charge in [0.15, 0.2) is 0 Å². The number of carboxylic acid groups (broad SMARTS) is 1. The molecule has 0 bridgehead atoms. The third-order valence-electron chi connectivity index (χ3n) is 5.56. The van der Waals surface area contributed by atoms with Gasteiger partial charge in [0, 0.05) is 36.9 Å². The molecule has 1 amide bonds. The molecule has 33 heavy (non-hydrogen) atoms. The van der Waals surface area contributed by atoms with E-state index in [-0.39, 0.29) is 16.8 Å². The van der Waals surface area contributed by atoms with Gasteiger partial charge < -0.3 is 20.2 Å². The van der Waals surface area contributed by atoms with Crippen LogP contribution in [0.3, 0.4) is 0 Å². The van der Waals surface area contributed by atoms with Gasteiger partial charge in [-0.25, -0.2) is 14.2 Å². The second-order valence-electron chi connectivity index (χ2n) is 7.74. The number of amides is 1. The second-order valence-corrected chi connectivity index (χ2v) is 8.18. The fourth-order valence-electron chi connectivity index (χ4n) is 3.86. The highest BCUT2D eigenvalue weighted by Gasteiger charge is 2.24. The number of hydrogen-bond acceptors (Lipinski definition) is 5. The number of anilines is 3. The predicted molar refractivity (Wildman–Crippen MR) is 126 cm³/mol. The van der Waals surface area contributed by atoms with E-state index in [1.807, 2.05) is 30.0 Å². The Hall–Kier alpha value is -3.65. The minimum Gasteiger partial charge on any atom is -0.478 e. The number of aromatic nitrogens is 1. The molecule has 1 fully saturated rings. The smallest absolute Gasteiger partial charge is 0.339 e. The summed E-state index contributed by atoms with van der Waals surface area (Å²) >= 11 is 6.15. The summed E-state index contributed by atoms with van der Waals surface area (Å²) in [5, 5.41) is 12.9. The molecule has 0 atom stereocenters. The third kappa shape index (κ3) is 4.90. The van der Waals surface area contributed by atoms with Crippen molar-refractivity contribution in [3.8, 4) is 0 Å². The van der Waals surface area contributed by atoms with E-state index in [4.69, 9.17) is 11.6 Å². The zero-order valence-electron chi connectivity index (χ0n) is 17.9. The summed E-state index contributed by atoms with van der Waals surface area (Å²) < 4.78 is 13.9. The number of hydrogen-bond donors (Lipinski definition) is 2. The van der Waals surface area contributed by atoms with Crippen LogP contribution < -0.4 is 15.1 Å². The van der Waals surface area contributed by atoms with Crippen LogP contribution in [0.15, 0.2) is 54.7 Å². The Morgan fingerprint density at radius 3 is 2.42 bits per heavy atom. The number of carboxylic acids is 1. The van der Waals surface area contributed by atoms with E-state index in [2.05, 4.69) is 15.2 Å². The van der Waals surface area contributed by atoms with Gasteiger partial charge in [-0.3, -0.25) is 4.79 Å². The van der Waals surface area contributed by atoms with Gasteiger partial charge in [0.1, 0.15) is 17.2 Å². The number of carbonyl (C=O) groups excluding carboxylic acids is 1. The highest BCUT2D eigenvalue weighted by Crippen LogP contribution is 2.28.